The summed E-state index contributed by atoms with van der Waals surface area (Å²) in [7, 11) is 0.890. The minimum atomic E-state index is -0.746. The number of hydrogen-bond donors (Lipinski definition) is 1. The lowest BCUT2D eigenvalue weighted by Crippen LogP contribution is -2.41. The molecule has 0 aromatic heterocycles. The van der Waals surface area contributed by atoms with Crippen molar-refractivity contribution in [2.75, 3.05) is 12.8 Å². The van der Waals surface area contributed by atoms with Crippen LogP contribution in [0, 0.1) is 5.82 Å². The molecule has 2 N–H and O–H groups in total. The van der Waals surface area contributed by atoms with Gasteiger partial charge in [-0.05, 0) is 39.8 Å². The van der Waals surface area contributed by atoms with E-state index in [1.54, 1.807) is 19.3 Å². The first-order chi connectivity index (χ1) is 9.18. The molecule has 6 heteroatoms. The monoisotopic (exact) mass is 278 g/mol. The van der Waals surface area contributed by atoms with Crippen LogP contribution in [-0.2, 0) is 9.31 Å². The molecule has 20 heavy (non-hydrogen) atoms. The van der Waals surface area contributed by atoms with E-state index in [0.29, 0.717) is 16.7 Å². The van der Waals surface area contributed by atoms with Crippen molar-refractivity contribution in [1.29, 1.82) is 0 Å². The molecule has 1 aliphatic rings. The number of rotatable bonds is 2. The maximum absolute atomic E-state index is 14.1. The fraction of sp³-hybridized carbons (Fsp3) is 0.500. The van der Waals surface area contributed by atoms with Crippen LogP contribution in [0.5, 0.6) is 0 Å². The highest BCUT2D eigenvalue weighted by atomic mass is 19.1. The van der Waals surface area contributed by atoms with Crippen LogP contribution in [0.3, 0.4) is 0 Å². The molecule has 4 nitrogen and oxygen atoms in total. The summed E-state index contributed by atoms with van der Waals surface area (Å²) in [6.45, 7) is 7.71. The van der Waals surface area contributed by atoms with Crippen LogP contribution in [0.15, 0.2) is 17.1 Å². The van der Waals surface area contributed by atoms with E-state index in [9.17, 15) is 4.39 Å². The van der Waals surface area contributed by atoms with Crippen LogP contribution >= 0.6 is 0 Å². The molecule has 1 heterocycles. The molecule has 1 fully saturated rings. The predicted molar refractivity (Wildman–Crippen MR) is 80.0 cm³/mol. The highest BCUT2D eigenvalue weighted by molar-refractivity contribution is 6.62. The third-order valence-corrected chi connectivity index (χ3v) is 3.98. The lowest BCUT2D eigenvalue weighted by molar-refractivity contribution is 0.00578. The van der Waals surface area contributed by atoms with Crippen LogP contribution < -0.4 is 11.2 Å². The first kappa shape index (κ1) is 15.0. The number of nitrogen functional groups attached to an aromatic ring is 1. The predicted octanol–water partition coefficient (Wildman–Crippen LogP) is 1.76. The summed E-state index contributed by atoms with van der Waals surface area (Å²) < 4.78 is 25.9. The molecule has 108 valence electrons. The summed E-state index contributed by atoms with van der Waals surface area (Å²) in [6, 6.07) is 2.90. The molecule has 0 bridgehead atoms. The molecule has 0 aliphatic carbocycles. The molecule has 2 rings (SSSR count). The van der Waals surface area contributed by atoms with Gasteiger partial charge >= 0.3 is 7.12 Å². The zero-order chi connectivity index (χ0) is 15.1. The van der Waals surface area contributed by atoms with Gasteiger partial charge in [0, 0.05) is 30.0 Å². The Hall–Kier alpha value is -1.40. The van der Waals surface area contributed by atoms with Gasteiger partial charge in [0.05, 0.1) is 11.2 Å². The molecule has 0 radical (unpaired) electrons. The van der Waals surface area contributed by atoms with Crippen molar-refractivity contribution in [2.24, 2.45) is 4.99 Å². The average Bonchev–Trinajstić information content (AvgIpc) is 2.52. The Bertz CT molecular complexity index is 542. The van der Waals surface area contributed by atoms with Crippen molar-refractivity contribution in [1.82, 2.24) is 0 Å². The molecular formula is C14H20BFN2O2. The molecular weight excluding hydrogens is 258 g/mol. The Morgan fingerprint density at radius 1 is 1.20 bits per heavy atom. The number of hydrogen-bond acceptors (Lipinski definition) is 4. The second-order valence-corrected chi connectivity index (χ2v) is 5.98. The topological polar surface area (TPSA) is 56.8 Å². The van der Waals surface area contributed by atoms with E-state index in [1.807, 2.05) is 27.7 Å². The first-order valence-electron chi connectivity index (χ1n) is 6.54. The van der Waals surface area contributed by atoms with Crippen molar-refractivity contribution >= 4 is 24.5 Å². The molecule has 0 amide bonds. The van der Waals surface area contributed by atoms with Gasteiger partial charge in [0.2, 0.25) is 0 Å². The van der Waals surface area contributed by atoms with Crippen LogP contribution in [0.25, 0.3) is 0 Å². The van der Waals surface area contributed by atoms with Crippen LogP contribution in [0.2, 0.25) is 0 Å². The van der Waals surface area contributed by atoms with Gasteiger partial charge in [-0.2, -0.15) is 0 Å². The summed E-state index contributed by atoms with van der Waals surface area (Å²) in [6.07, 6.45) is 1.59. The third kappa shape index (κ3) is 2.45. The molecule has 1 aromatic rings. The fourth-order valence-electron chi connectivity index (χ4n) is 2.02. The maximum Gasteiger partial charge on any atom is 0.497 e. The Morgan fingerprint density at radius 2 is 1.75 bits per heavy atom. The number of nitrogens with zero attached hydrogens (tertiary/aromatic N) is 1. The van der Waals surface area contributed by atoms with Crippen molar-refractivity contribution in [2.45, 2.75) is 38.9 Å². The van der Waals surface area contributed by atoms with E-state index in [2.05, 4.69) is 4.99 Å². The van der Waals surface area contributed by atoms with Gasteiger partial charge < -0.3 is 15.0 Å². The normalized spacial score (nSPS) is 20.8. The van der Waals surface area contributed by atoms with E-state index >= 15 is 0 Å². The van der Waals surface area contributed by atoms with Crippen molar-refractivity contribution in [3.05, 3.63) is 23.5 Å². The Morgan fingerprint density at radius 3 is 2.25 bits per heavy atom. The molecule has 1 aromatic carbocycles. The average molecular weight is 278 g/mol. The fourth-order valence-corrected chi connectivity index (χ4v) is 2.02. The second-order valence-electron chi connectivity index (χ2n) is 5.98. The van der Waals surface area contributed by atoms with Gasteiger partial charge in [0.1, 0.15) is 5.82 Å². The van der Waals surface area contributed by atoms with E-state index in [-0.39, 0.29) is 0 Å². The van der Waals surface area contributed by atoms with E-state index in [4.69, 9.17) is 15.0 Å². The number of aliphatic imine (C=N–C) groups is 1. The summed E-state index contributed by atoms with van der Waals surface area (Å²) in [5.41, 5.74) is 6.08. The largest absolute Gasteiger partial charge is 0.497 e. The smallest absolute Gasteiger partial charge is 0.399 e. The van der Waals surface area contributed by atoms with Gasteiger partial charge in [-0.15, -0.1) is 0 Å². The minimum absolute atomic E-state index is 0.341. The third-order valence-electron chi connectivity index (χ3n) is 3.98. The summed E-state index contributed by atoms with van der Waals surface area (Å²) in [5.74, 6) is -0.436. The molecule has 0 unspecified atom stereocenters. The molecule has 0 saturated carbocycles. The standard InChI is InChI=1S/C14H20BFN2O2/c1-13(2)14(3,4)20-15(19-13)10-6-9(8-18-5)12(17)7-11(10)16/h6-8H,17H2,1-5H3. The van der Waals surface area contributed by atoms with Gasteiger partial charge in [-0.25, -0.2) is 4.39 Å². The summed E-state index contributed by atoms with van der Waals surface area (Å²) in [5, 5.41) is 0. The highest BCUT2D eigenvalue weighted by Crippen LogP contribution is 2.36. The SMILES string of the molecule is CN=Cc1cc(B2OC(C)(C)C(C)(C)O2)c(F)cc1N. The van der Waals surface area contributed by atoms with Crippen molar-refractivity contribution < 1.29 is 13.7 Å². The zero-order valence-corrected chi connectivity index (χ0v) is 12.5. The van der Waals surface area contributed by atoms with Gasteiger partial charge in [0.25, 0.3) is 0 Å². The lowest BCUT2D eigenvalue weighted by atomic mass is 9.77. The lowest BCUT2D eigenvalue weighted by Gasteiger charge is -2.32. The quantitative estimate of drug-likeness (QED) is 0.509. The molecule has 0 spiro atoms. The van der Waals surface area contributed by atoms with Gasteiger partial charge in [0.15, 0.2) is 0 Å². The molecule has 1 aliphatic heterocycles. The minimum Gasteiger partial charge on any atom is -0.399 e. The summed E-state index contributed by atoms with van der Waals surface area (Å²) in [4.78, 5) is 3.91. The van der Waals surface area contributed by atoms with Gasteiger partial charge in [-0.1, -0.05) is 0 Å². The van der Waals surface area contributed by atoms with Crippen LogP contribution in [0.4, 0.5) is 10.1 Å². The van der Waals surface area contributed by atoms with Crippen LogP contribution in [0.1, 0.15) is 33.3 Å². The van der Waals surface area contributed by atoms with Crippen molar-refractivity contribution in [3.8, 4) is 0 Å². The highest BCUT2D eigenvalue weighted by Gasteiger charge is 2.52. The van der Waals surface area contributed by atoms with Gasteiger partial charge in [-0.3, -0.25) is 4.99 Å². The number of anilines is 1. The number of nitrogens with two attached hydrogens (primary N) is 1. The Balaban J connectivity index is 2.42. The molecule has 0 atom stereocenters. The summed E-state index contributed by atoms with van der Waals surface area (Å²) >= 11 is 0. The van der Waals surface area contributed by atoms with Crippen molar-refractivity contribution in [3.63, 3.8) is 0 Å². The first-order valence-corrected chi connectivity index (χ1v) is 6.54. The number of benzene rings is 1. The maximum atomic E-state index is 14.1. The van der Waals surface area contributed by atoms with E-state index in [0.717, 1.165) is 0 Å². The zero-order valence-electron chi connectivity index (χ0n) is 12.5. The Labute approximate surface area is 119 Å². The Kier molecular flexibility index (Phi) is 3.65. The van der Waals surface area contributed by atoms with E-state index < -0.39 is 24.1 Å². The van der Waals surface area contributed by atoms with Crippen LogP contribution in [-0.4, -0.2) is 31.6 Å². The number of halogens is 1. The molecule has 1 saturated heterocycles. The van der Waals surface area contributed by atoms with E-state index in [1.165, 1.54) is 6.07 Å². The second kappa shape index (κ2) is 4.86.